The van der Waals surface area contributed by atoms with Crippen molar-refractivity contribution < 1.29 is 27.5 Å². The molecule has 0 aliphatic carbocycles. The van der Waals surface area contributed by atoms with Crippen LogP contribution < -0.4 is 15.5 Å². The van der Waals surface area contributed by atoms with Crippen LogP contribution in [0.1, 0.15) is 33.1 Å². The first kappa shape index (κ1) is 31.4. The molecule has 4 aromatic carbocycles. The number of halogens is 5. The molecule has 0 radical (unpaired) electrons. The summed E-state index contributed by atoms with van der Waals surface area (Å²) < 4.78 is 47.2. The van der Waals surface area contributed by atoms with Gasteiger partial charge in [-0.05, 0) is 66.1 Å². The third-order valence-electron chi connectivity index (χ3n) is 7.24. The van der Waals surface area contributed by atoms with E-state index >= 15 is 0 Å². The summed E-state index contributed by atoms with van der Waals surface area (Å²) in [5.74, 6) is -4.06. The van der Waals surface area contributed by atoms with E-state index in [9.17, 15) is 22.8 Å². The van der Waals surface area contributed by atoms with Crippen molar-refractivity contribution in [2.45, 2.75) is 25.1 Å². The Balaban J connectivity index is 1.39. The van der Waals surface area contributed by atoms with Crippen LogP contribution in [0.5, 0.6) is 0 Å². The number of hydrogen-bond acceptors (Lipinski definition) is 4. The highest BCUT2D eigenvalue weighted by Gasteiger charge is 2.30. The third kappa shape index (κ3) is 7.72. The fourth-order valence-corrected chi connectivity index (χ4v) is 5.60. The molecule has 0 aromatic heterocycles. The molecule has 1 aliphatic rings. The molecule has 228 valence electrons. The highest BCUT2D eigenvalue weighted by atomic mass is 35.5. The lowest BCUT2D eigenvalue weighted by molar-refractivity contribution is -0.124. The van der Waals surface area contributed by atoms with Crippen LogP contribution >= 0.6 is 23.2 Å². The number of hydrogen-bond donors (Lipinski definition) is 2. The van der Waals surface area contributed by atoms with Crippen LogP contribution in [0.25, 0.3) is 0 Å². The number of carbonyl (C=O) groups is 2. The van der Waals surface area contributed by atoms with Gasteiger partial charge in [0.2, 0.25) is 5.91 Å². The molecule has 2 atom stereocenters. The van der Waals surface area contributed by atoms with Crippen molar-refractivity contribution in [1.82, 2.24) is 10.6 Å². The first-order valence-corrected chi connectivity index (χ1v) is 14.6. The number of carbonyl (C=O) groups excluding carboxylic acids is 2. The number of amides is 2. The van der Waals surface area contributed by atoms with Crippen LogP contribution in [0, 0.1) is 17.5 Å². The molecular weight excluding hydrogens is 614 g/mol. The maximum atomic E-state index is 13.9. The minimum absolute atomic E-state index is 0.117. The highest BCUT2D eigenvalue weighted by molar-refractivity contribution is 6.35. The number of fused-ring (bicyclic) bond motifs is 1. The molecule has 2 N–H and O–H groups in total. The van der Waals surface area contributed by atoms with Crippen molar-refractivity contribution >= 4 is 40.7 Å². The molecule has 5 rings (SSSR count). The molecule has 0 spiro atoms. The first-order chi connectivity index (χ1) is 21.2. The first-order valence-electron chi connectivity index (χ1n) is 13.8. The molecule has 1 heterocycles. The van der Waals surface area contributed by atoms with E-state index < -0.39 is 35.5 Å². The SMILES string of the molecule is O=C(N[C@H](C(=O)N[C@@H](COCc1ccccc1)CN1CCc2cc(F)ccc21)c1ccc(Cl)cc1Cl)c1ccc(F)c(F)c1. The van der Waals surface area contributed by atoms with Crippen molar-refractivity contribution in [3.05, 3.63) is 135 Å². The van der Waals surface area contributed by atoms with E-state index in [0.717, 1.165) is 35.0 Å². The summed E-state index contributed by atoms with van der Waals surface area (Å²) in [6.45, 7) is 1.36. The normalized spacial score (nSPS) is 13.7. The van der Waals surface area contributed by atoms with Gasteiger partial charge in [0.25, 0.3) is 5.91 Å². The number of nitrogens with one attached hydrogen (secondary N) is 2. The number of nitrogens with zero attached hydrogens (tertiary/aromatic N) is 1. The van der Waals surface area contributed by atoms with Gasteiger partial charge in [0.15, 0.2) is 11.6 Å². The lowest BCUT2D eigenvalue weighted by Gasteiger charge is -2.29. The van der Waals surface area contributed by atoms with Gasteiger partial charge in [-0.1, -0.05) is 59.6 Å². The van der Waals surface area contributed by atoms with Gasteiger partial charge in [0.05, 0.1) is 19.3 Å². The molecule has 0 saturated carbocycles. The third-order valence-corrected chi connectivity index (χ3v) is 7.81. The molecule has 0 unspecified atom stereocenters. The summed E-state index contributed by atoms with van der Waals surface area (Å²) in [6.07, 6.45) is 0.645. The molecule has 0 bridgehead atoms. The van der Waals surface area contributed by atoms with E-state index in [1.54, 1.807) is 6.07 Å². The number of ether oxygens (including phenoxy) is 1. The lowest BCUT2D eigenvalue weighted by Crippen LogP contribution is -2.50. The summed E-state index contributed by atoms with van der Waals surface area (Å²) in [5, 5.41) is 6.01. The molecule has 11 heteroatoms. The molecule has 4 aromatic rings. The van der Waals surface area contributed by atoms with Crippen molar-refractivity contribution in [3.8, 4) is 0 Å². The summed E-state index contributed by atoms with van der Waals surface area (Å²) in [6, 6.07) is 19.4. The van der Waals surface area contributed by atoms with E-state index in [-0.39, 0.29) is 28.6 Å². The van der Waals surface area contributed by atoms with Crippen LogP contribution in [0.2, 0.25) is 10.0 Å². The van der Waals surface area contributed by atoms with Gasteiger partial charge in [0, 0.05) is 39.9 Å². The molecule has 44 heavy (non-hydrogen) atoms. The number of rotatable bonds is 11. The van der Waals surface area contributed by atoms with E-state index in [2.05, 4.69) is 10.6 Å². The van der Waals surface area contributed by atoms with Gasteiger partial charge in [0.1, 0.15) is 11.9 Å². The van der Waals surface area contributed by atoms with Crippen molar-refractivity contribution in [3.63, 3.8) is 0 Å². The monoisotopic (exact) mass is 641 g/mol. The van der Waals surface area contributed by atoms with Crippen molar-refractivity contribution in [1.29, 1.82) is 0 Å². The molecule has 1 aliphatic heterocycles. The lowest BCUT2D eigenvalue weighted by atomic mass is 10.0. The fraction of sp³-hybridized carbons (Fsp3) is 0.212. The maximum Gasteiger partial charge on any atom is 0.252 e. The Morgan fingerprint density at radius 3 is 2.43 bits per heavy atom. The van der Waals surface area contributed by atoms with Crippen LogP contribution in [0.3, 0.4) is 0 Å². The molecule has 2 amide bonds. The van der Waals surface area contributed by atoms with E-state index in [0.29, 0.717) is 31.1 Å². The predicted octanol–water partition coefficient (Wildman–Crippen LogP) is 6.65. The number of benzene rings is 4. The van der Waals surface area contributed by atoms with Gasteiger partial charge in [-0.15, -0.1) is 0 Å². The van der Waals surface area contributed by atoms with Gasteiger partial charge in [-0.25, -0.2) is 13.2 Å². The zero-order chi connectivity index (χ0) is 31.2. The van der Waals surface area contributed by atoms with E-state index in [4.69, 9.17) is 27.9 Å². The second-order valence-corrected chi connectivity index (χ2v) is 11.2. The minimum Gasteiger partial charge on any atom is -0.375 e. The average Bonchev–Trinajstić information content (AvgIpc) is 3.39. The molecule has 0 saturated heterocycles. The number of anilines is 1. The predicted molar refractivity (Wildman–Crippen MR) is 163 cm³/mol. The average molecular weight is 643 g/mol. The van der Waals surface area contributed by atoms with Crippen LogP contribution in [0.4, 0.5) is 18.9 Å². The fourth-order valence-electron chi connectivity index (χ4n) is 5.08. The Morgan fingerprint density at radius 1 is 0.886 bits per heavy atom. The quantitative estimate of drug-likeness (QED) is 0.192. The van der Waals surface area contributed by atoms with Crippen LogP contribution in [-0.2, 0) is 22.6 Å². The van der Waals surface area contributed by atoms with Gasteiger partial charge in [-0.2, -0.15) is 0 Å². The summed E-state index contributed by atoms with van der Waals surface area (Å²) in [7, 11) is 0. The zero-order valence-corrected chi connectivity index (χ0v) is 24.8. The standard InChI is InChI=1S/C33H28Cl2F3N3O3/c34-23-7-9-26(27(35)16-23)31(40-32(42)22-6-10-28(37)29(38)15-22)33(43)39-25(19-44-18-20-4-2-1-3-5-20)17-41-13-12-21-14-24(36)8-11-30(21)41/h1-11,14-16,25,31H,12-13,17-19H2,(H,39,43)(H,40,42)/t25-,31+/m1/s1. The zero-order valence-electron chi connectivity index (χ0n) is 23.3. The highest BCUT2D eigenvalue weighted by Crippen LogP contribution is 2.30. The van der Waals surface area contributed by atoms with Gasteiger partial charge in [-0.3, -0.25) is 9.59 Å². The second kappa shape index (κ2) is 14.2. The van der Waals surface area contributed by atoms with E-state index in [1.807, 2.05) is 35.2 Å². The molecular formula is C33H28Cl2F3N3O3. The Labute approximate surface area is 262 Å². The molecule has 6 nitrogen and oxygen atoms in total. The summed E-state index contributed by atoms with van der Waals surface area (Å²) >= 11 is 12.5. The van der Waals surface area contributed by atoms with Gasteiger partial charge >= 0.3 is 0 Å². The van der Waals surface area contributed by atoms with Gasteiger partial charge < -0.3 is 20.3 Å². The molecule has 0 fully saturated rings. The topological polar surface area (TPSA) is 70.7 Å². The largest absolute Gasteiger partial charge is 0.375 e. The van der Waals surface area contributed by atoms with Crippen LogP contribution in [-0.4, -0.2) is 37.6 Å². The Bertz CT molecular complexity index is 1660. The van der Waals surface area contributed by atoms with E-state index in [1.165, 1.54) is 30.3 Å². The summed E-state index contributed by atoms with van der Waals surface area (Å²) in [5.41, 5.74) is 2.73. The minimum atomic E-state index is -1.32. The van der Waals surface area contributed by atoms with Crippen LogP contribution in [0.15, 0.2) is 84.9 Å². The van der Waals surface area contributed by atoms with Crippen molar-refractivity contribution in [2.24, 2.45) is 0 Å². The Morgan fingerprint density at radius 2 is 1.68 bits per heavy atom. The Kier molecular flexibility index (Phi) is 10.1. The maximum absolute atomic E-state index is 13.9. The second-order valence-electron chi connectivity index (χ2n) is 10.4. The smallest absolute Gasteiger partial charge is 0.252 e. The van der Waals surface area contributed by atoms with Crippen molar-refractivity contribution in [2.75, 3.05) is 24.6 Å². The summed E-state index contributed by atoms with van der Waals surface area (Å²) in [4.78, 5) is 29.1. The Hall–Kier alpha value is -4.05.